The molecule has 1 unspecified atom stereocenters. The quantitative estimate of drug-likeness (QED) is 0.403. The molecule has 0 aliphatic carbocycles. The molecule has 0 amide bonds. The first-order valence-corrected chi connectivity index (χ1v) is 12.2. The highest BCUT2D eigenvalue weighted by atomic mass is 16.7. The first-order valence-electron chi connectivity index (χ1n) is 12.2. The van der Waals surface area contributed by atoms with E-state index in [1.165, 1.54) is 0 Å². The standard InChI is InChI=1S/C26H28N6O4/c1-17-4-6-22-19(9-17)11-20(26(33)27-22)13-31(12-18-5-7-23-24(10-18)36-16-35-23)15-25-28-29-30-32(25)14-21-3-2-8-34-21/h4-7,9-11,21H,2-3,8,12-16H2,1H3,(H,27,33). The average molecular weight is 489 g/mol. The molecule has 4 heterocycles. The Balaban J connectivity index is 1.29. The van der Waals surface area contributed by atoms with Crippen molar-refractivity contribution in [3.8, 4) is 11.5 Å². The Morgan fingerprint density at radius 2 is 2.00 bits per heavy atom. The normalized spacial score (nSPS) is 16.9. The Morgan fingerprint density at radius 3 is 2.89 bits per heavy atom. The molecule has 2 aromatic carbocycles. The molecule has 1 fully saturated rings. The number of hydrogen-bond donors (Lipinski definition) is 1. The van der Waals surface area contributed by atoms with Crippen molar-refractivity contribution < 1.29 is 14.2 Å². The Morgan fingerprint density at radius 1 is 1.08 bits per heavy atom. The van der Waals surface area contributed by atoms with Gasteiger partial charge in [-0.2, -0.15) is 0 Å². The summed E-state index contributed by atoms with van der Waals surface area (Å²) < 4.78 is 18.6. The van der Waals surface area contributed by atoms with Crippen LogP contribution in [0.3, 0.4) is 0 Å². The van der Waals surface area contributed by atoms with E-state index in [-0.39, 0.29) is 18.5 Å². The highest BCUT2D eigenvalue weighted by Crippen LogP contribution is 2.33. The van der Waals surface area contributed by atoms with Crippen LogP contribution in [0.25, 0.3) is 10.9 Å². The van der Waals surface area contributed by atoms with Gasteiger partial charge in [0.1, 0.15) is 0 Å². The second-order valence-electron chi connectivity index (χ2n) is 9.46. The lowest BCUT2D eigenvalue weighted by Crippen LogP contribution is -2.29. The van der Waals surface area contributed by atoms with E-state index in [9.17, 15) is 4.79 Å². The summed E-state index contributed by atoms with van der Waals surface area (Å²) in [6, 6.07) is 13.9. The largest absolute Gasteiger partial charge is 0.454 e. The summed E-state index contributed by atoms with van der Waals surface area (Å²) in [5.41, 5.74) is 3.61. The van der Waals surface area contributed by atoms with Gasteiger partial charge in [-0.3, -0.25) is 9.69 Å². The van der Waals surface area contributed by atoms with Gasteiger partial charge in [0, 0.05) is 30.8 Å². The minimum atomic E-state index is -0.0963. The summed E-state index contributed by atoms with van der Waals surface area (Å²) >= 11 is 0. The van der Waals surface area contributed by atoms with Gasteiger partial charge in [0.05, 0.1) is 19.2 Å². The van der Waals surface area contributed by atoms with E-state index >= 15 is 0 Å². The number of ether oxygens (including phenoxy) is 3. The maximum atomic E-state index is 13.0. The van der Waals surface area contributed by atoms with Crippen LogP contribution >= 0.6 is 0 Å². The van der Waals surface area contributed by atoms with Gasteiger partial charge in [0.15, 0.2) is 17.3 Å². The smallest absolute Gasteiger partial charge is 0.252 e. The average Bonchev–Trinajstić information content (AvgIpc) is 3.63. The highest BCUT2D eigenvalue weighted by Gasteiger charge is 2.21. The number of rotatable bonds is 8. The summed E-state index contributed by atoms with van der Waals surface area (Å²) in [7, 11) is 0. The van der Waals surface area contributed by atoms with Crippen molar-refractivity contribution in [2.24, 2.45) is 0 Å². The van der Waals surface area contributed by atoms with Crippen LogP contribution in [0.1, 0.15) is 35.4 Å². The first-order chi connectivity index (χ1) is 17.6. The monoisotopic (exact) mass is 488 g/mol. The van der Waals surface area contributed by atoms with Crippen molar-refractivity contribution in [3.63, 3.8) is 0 Å². The number of nitrogens with one attached hydrogen (secondary N) is 1. The fraction of sp³-hybridized carbons (Fsp3) is 0.385. The zero-order valence-electron chi connectivity index (χ0n) is 20.1. The fourth-order valence-corrected chi connectivity index (χ4v) is 4.85. The van der Waals surface area contributed by atoms with E-state index in [4.69, 9.17) is 14.2 Å². The SMILES string of the molecule is Cc1ccc2[nH]c(=O)c(CN(Cc3ccc4c(c3)OCO4)Cc3nnnn3CC3CCCO3)cc2c1. The number of hydrogen-bond acceptors (Lipinski definition) is 8. The molecule has 1 N–H and O–H groups in total. The summed E-state index contributed by atoms with van der Waals surface area (Å²) in [5.74, 6) is 2.21. The third-order valence-corrected chi connectivity index (χ3v) is 6.69. The van der Waals surface area contributed by atoms with Gasteiger partial charge < -0.3 is 19.2 Å². The summed E-state index contributed by atoms with van der Waals surface area (Å²) in [5, 5.41) is 13.4. The number of aryl methyl sites for hydroxylation is 1. The van der Waals surface area contributed by atoms with Crippen LogP contribution in [0.15, 0.2) is 47.3 Å². The van der Waals surface area contributed by atoms with Crippen LogP contribution in [0.5, 0.6) is 11.5 Å². The summed E-state index contributed by atoms with van der Waals surface area (Å²) in [4.78, 5) is 18.2. The molecule has 10 nitrogen and oxygen atoms in total. The van der Waals surface area contributed by atoms with Gasteiger partial charge in [-0.15, -0.1) is 5.10 Å². The topological polar surface area (TPSA) is 107 Å². The molecule has 0 radical (unpaired) electrons. The lowest BCUT2D eigenvalue weighted by atomic mass is 10.1. The van der Waals surface area contributed by atoms with Gasteiger partial charge in [0.25, 0.3) is 5.56 Å². The number of H-pyrrole nitrogens is 1. The molecule has 0 saturated carbocycles. The third-order valence-electron chi connectivity index (χ3n) is 6.69. The van der Waals surface area contributed by atoms with E-state index in [0.717, 1.165) is 58.8 Å². The molecule has 0 spiro atoms. The molecule has 2 aliphatic heterocycles. The third kappa shape index (κ3) is 4.82. The molecule has 36 heavy (non-hydrogen) atoms. The summed E-state index contributed by atoms with van der Waals surface area (Å²) in [6.07, 6.45) is 2.19. The Labute approximate surface area is 207 Å². The predicted molar refractivity (Wildman–Crippen MR) is 132 cm³/mol. The molecule has 6 rings (SSSR count). The number of fused-ring (bicyclic) bond motifs is 2. The molecule has 10 heteroatoms. The van der Waals surface area contributed by atoms with Gasteiger partial charge in [0.2, 0.25) is 6.79 Å². The predicted octanol–water partition coefficient (Wildman–Crippen LogP) is 2.93. The molecular formula is C26H28N6O4. The molecule has 186 valence electrons. The van der Waals surface area contributed by atoms with Crippen molar-refractivity contribution in [1.29, 1.82) is 0 Å². The number of nitrogens with zero attached hydrogens (tertiary/aromatic N) is 5. The van der Waals surface area contributed by atoms with Crippen LogP contribution in [0.2, 0.25) is 0 Å². The van der Waals surface area contributed by atoms with E-state index in [1.54, 1.807) is 0 Å². The van der Waals surface area contributed by atoms with Crippen LogP contribution in [0.4, 0.5) is 0 Å². The number of aromatic amines is 1. The van der Waals surface area contributed by atoms with Gasteiger partial charge in [-0.1, -0.05) is 17.7 Å². The van der Waals surface area contributed by atoms with E-state index < -0.39 is 0 Å². The number of tetrazole rings is 1. The minimum absolute atomic E-state index is 0.0963. The number of aromatic nitrogens is 5. The minimum Gasteiger partial charge on any atom is -0.454 e. The molecule has 4 aromatic rings. The zero-order chi connectivity index (χ0) is 24.5. The number of benzene rings is 2. The zero-order valence-corrected chi connectivity index (χ0v) is 20.1. The maximum Gasteiger partial charge on any atom is 0.252 e. The molecule has 1 atom stereocenters. The van der Waals surface area contributed by atoms with Crippen molar-refractivity contribution in [3.05, 3.63) is 75.3 Å². The Hall–Kier alpha value is -3.76. The number of pyridine rings is 1. The maximum absolute atomic E-state index is 13.0. The molecule has 2 aliphatic rings. The van der Waals surface area contributed by atoms with Crippen LogP contribution in [0, 0.1) is 6.92 Å². The van der Waals surface area contributed by atoms with Crippen LogP contribution < -0.4 is 15.0 Å². The first kappa shape index (κ1) is 22.7. The molecule has 2 aromatic heterocycles. The summed E-state index contributed by atoms with van der Waals surface area (Å²) in [6.45, 7) is 5.16. The van der Waals surface area contributed by atoms with E-state index in [1.807, 2.05) is 48.0 Å². The van der Waals surface area contributed by atoms with Crippen LogP contribution in [-0.4, -0.2) is 49.6 Å². The second kappa shape index (κ2) is 9.71. The van der Waals surface area contributed by atoms with Gasteiger partial charge in [-0.05, 0) is 71.5 Å². The van der Waals surface area contributed by atoms with Crippen molar-refractivity contribution in [2.75, 3.05) is 13.4 Å². The van der Waals surface area contributed by atoms with Crippen molar-refractivity contribution in [1.82, 2.24) is 30.1 Å². The van der Waals surface area contributed by atoms with E-state index in [2.05, 4.69) is 31.5 Å². The molecule has 1 saturated heterocycles. The molecular weight excluding hydrogens is 460 g/mol. The second-order valence-corrected chi connectivity index (χ2v) is 9.46. The Kier molecular flexibility index (Phi) is 6.12. The van der Waals surface area contributed by atoms with Crippen molar-refractivity contribution >= 4 is 10.9 Å². The van der Waals surface area contributed by atoms with Crippen LogP contribution in [-0.2, 0) is 30.9 Å². The fourth-order valence-electron chi connectivity index (χ4n) is 4.85. The molecule has 0 bridgehead atoms. The Bertz CT molecular complexity index is 1440. The lowest BCUT2D eigenvalue weighted by molar-refractivity contribution is 0.0914. The van der Waals surface area contributed by atoms with Gasteiger partial charge >= 0.3 is 0 Å². The van der Waals surface area contributed by atoms with Crippen molar-refractivity contribution in [2.45, 2.75) is 52.0 Å². The van der Waals surface area contributed by atoms with Gasteiger partial charge in [-0.25, -0.2) is 4.68 Å². The lowest BCUT2D eigenvalue weighted by Gasteiger charge is -2.22. The highest BCUT2D eigenvalue weighted by molar-refractivity contribution is 5.79. The van der Waals surface area contributed by atoms with E-state index in [0.29, 0.717) is 31.7 Å².